The van der Waals surface area contributed by atoms with Crippen LogP contribution in [-0.4, -0.2) is 26.1 Å². The van der Waals surface area contributed by atoms with E-state index in [9.17, 15) is 5.11 Å². The lowest BCUT2D eigenvalue weighted by molar-refractivity contribution is 0.0758. The molecular weight excluding hydrogens is 204 g/mol. The van der Waals surface area contributed by atoms with Gasteiger partial charge in [-0.3, -0.25) is 0 Å². The van der Waals surface area contributed by atoms with Crippen LogP contribution in [0.4, 0.5) is 0 Å². The Bertz CT molecular complexity index is 235. The van der Waals surface area contributed by atoms with Crippen molar-refractivity contribution in [3.63, 3.8) is 0 Å². The van der Waals surface area contributed by atoms with Crippen molar-refractivity contribution < 1.29 is 9.53 Å². The smallest absolute Gasteiger partial charge is 0.192 e. The Balaban J connectivity index is 4.23. The number of rotatable bonds is 4. The summed E-state index contributed by atoms with van der Waals surface area (Å²) in [5, 5.41) is 9.87. The number of terminal acetylenes is 1. The molecule has 0 saturated carbocycles. The monoisotopic (exact) mass is 228 g/mol. The first-order valence-corrected chi connectivity index (χ1v) is 8.31. The van der Waals surface area contributed by atoms with E-state index in [0.717, 1.165) is 0 Å². The maximum Gasteiger partial charge on any atom is 0.192 e. The Kier molecular flexibility index (Phi) is 5.05. The van der Waals surface area contributed by atoms with Crippen LogP contribution >= 0.6 is 0 Å². The molecule has 0 unspecified atom stereocenters. The zero-order chi connectivity index (χ0) is 12.3. The topological polar surface area (TPSA) is 29.5 Å². The van der Waals surface area contributed by atoms with Crippen LogP contribution in [0.25, 0.3) is 0 Å². The molecule has 2 atom stereocenters. The Morgan fingerprint density at radius 2 is 1.87 bits per heavy atom. The summed E-state index contributed by atoms with van der Waals surface area (Å²) >= 11 is 0. The van der Waals surface area contributed by atoms with Crippen LogP contribution in [0.3, 0.4) is 0 Å². The van der Waals surface area contributed by atoms with Gasteiger partial charge in [-0.1, -0.05) is 20.8 Å². The molecule has 0 amide bonds. The Morgan fingerprint density at radius 1 is 1.40 bits per heavy atom. The molecule has 0 heterocycles. The predicted octanol–water partition coefficient (Wildman–Crippen LogP) is 2.64. The summed E-state index contributed by atoms with van der Waals surface area (Å²) in [5.41, 5.74) is 0. The Labute approximate surface area is 95.2 Å². The van der Waals surface area contributed by atoms with E-state index in [0.29, 0.717) is 6.61 Å². The van der Waals surface area contributed by atoms with Crippen molar-refractivity contribution >= 4 is 8.32 Å². The first kappa shape index (κ1) is 14.7. The fourth-order valence-electron chi connectivity index (χ4n) is 0.766. The van der Waals surface area contributed by atoms with Gasteiger partial charge in [0.05, 0.1) is 12.7 Å². The van der Waals surface area contributed by atoms with E-state index < -0.39 is 14.4 Å². The van der Waals surface area contributed by atoms with Crippen molar-refractivity contribution in [3.05, 3.63) is 0 Å². The van der Waals surface area contributed by atoms with E-state index in [2.05, 4.69) is 39.8 Å². The van der Waals surface area contributed by atoms with Crippen molar-refractivity contribution in [3.8, 4) is 12.3 Å². The standard InChI is InChI=1S/C12H24O2Si/c1-8-10(2)11(13)9-14-15(6,7)12(3,4)5/h1,10-11,13H,9H2,2-7H3/t10-,11+/m0/s1. The largest absolute Gasteiger partial charge is 0.414 e. The third-order valence-electron chi connectivity index (χ3n) is 3.26. The average Bonchev–Trinajstić information content (AvgIpc) is 2.11. The van der Waals surface area contributed by atoms with Crippen LogP contribution in [0.15, 0.2) is 0 Å². The van der Waals surface area contributed by atoms with Gasteiger partial charge in [0.25, 0.3) is 0 Å². The van der Waals surface area contributed by atoms with Crippen LogP contribution < -0.4 is 0 Å². The summed E-state index contributed by atoms with van der Waals surface area (Å²) < 4.78 is 5.87. The summed E-state index contributed by atoms with van der Waals surface area (Å²) in [6, 6.07) is 0. The average molecular weight is 228 g/mol. The fraction of sp³-hybridized carbons (Fsp3) is 0.833. The van der Waals surface area contributed by atoms with Gasteiger partial charge >= 0.3 is 0 Å². The molecule has 15 heavy (non-hydrogen) atoms. The maximum atomic E-state index is 9.70. The molecule has 1 N–H and O–H groups in total. The van der Waals surface area contributed by atoms with Gasteiger partial charge in [-0.15, -0.1) is 12.3 Å². The van der Waals surface area contributed by atoms with Crippen LogP contribution in [-0.2, 0) is 4.43 Å². The molecule has 0 aliphatic heterocycles. The molecular formula is C12H24O2Si. The first-order chi connectivity index (χ1) is 6.62. The highest BCUT2D eigenvalue weighted by Gasteiger charge is 2.37. The summed E-state index contributed by atoms with van der Waals surface area (Å²) in [7, 11) is -1.75. The molecule has 88 valence electrons. The zero-order valence-electron chi connectivity index (χ0n) is 10.8. The van der Waals surface area contributed by atoms with Gasteiger partial charge in [0, 0.05) is 5.92 Å². The third-order valence-corrected chi connectivity index (χ3v) is 7.76. The van der Waals surface area contributed by atoms with Crippen molar-refractivity contribution in [2.24, 2.45) is 5.92 Å². The lowest BCUT2D eigenvalue weighted by Gasteiger charge is -2.37. The predicted molar refractivity (Wildman–Crippen MR) is 67.2 cm³/mol. The van der Waals surface area contributed by atoms with Crippen LogP contribution in [0, 0.1) is 18.3 Å². The zero-order valence-corrected chi connectivity index (χ0v) is 11.8. The van der Waals surface area contributed by atoms with E-state index in [-0.39, 0.29) is 11.0 Å². The lowest BCUT2D eigenvalue weighted by atomic mass is 10.1. The quantitative estimate of drug-likeness (QED) is 0.592. The summed E-state index contributed by atoms with van der Waals surface area (Å²) in [5.74, 6) is 2.38. The van der Waals surface area contributed by atoms with E-state index in [4.69, 9.17) is 10.8 Å². The molecule has 0 rings (SSSR count). The summed E-state index contributed by atoms with van der Waals surface area (Å²) in [6.45, 7) is 13.0. The molecule has 0 radical (unpaired) electrons. The summed E-state index contributed by atoms with van der Waals surface area (Å²) in [6.07, 6.45) is 4.69. The van der Waals surface area contributed by atoms with Gasteiger partial charge in [0.15, 0.2) is 8.32 Å². The molecule has 0 bridgehead atoms. The van der Waals surface area contributed by atoms with E-state index in [1.807, 2.05) is 6.92 Å². The maximum absolute atomic E-state index is 9.70. The van der Waals surface area contributed by atoms with E-state index in [1.54, 1.807) is 0 Å². The highest BCUT2D eigenvalue weighted by atomic mass is 28.4. The van der Waals surface area contributed by atoms with Gasteiger partial charge < -0.3 is 9.53 Å². The number of aliphatic hydroxyl groups is 1. The SMILES string of the molecule is C#C[C@H](C)[C@H](O)CO[Si](C)(C)C(C)(C)C. The molecule has 0 saturated heterocycles. The second-order valence-electron chi connectivity index (χ2n) is 5.59. The van der Waals surface area contributed by atoms with Crippen molar-refractivity contribution in [2.45, 2.75) is 51.9 Å². The van der Waals surface area contributed by atoms with Crippen LogP contribution in [0.1, 0.15) is 27.7 Å². The van der Waals surface area contributed by atoms with Crippen molar-refractivity contribution in [1.29, 1.82) is 0 Å². The molecule has 3 heteroatoms. The Hall–Kier alpha value is -0.303. The number of aliphatic hydroxyl groups excluding tert-OH is 1. The minimum atomic E-state index is -1.75. The van der Waals surface area contributed by atoms with Crippen molar-refractivity contribution in [2.75, 3.05) is 6.61 Å². The minimum Gasteiger partial charge on any atom is -0.414 e. The molecule has 0 aromatic heterocycles. The van der Waals surface area contributed by atoms with Gasteiger partial charge in [-0.2, -0.15) is 0 Å². The fourth-order valence-corrected chi connectivity index (χ4v) is 1.79. The highest BCUT2D eigenvalue weighted by molar-refractivity contribution is 6.74. The Morgan fingerprint density at radius 3 is 2.20 bits per heavy atom. The van der Waals surface area contributed by atoms with Gasteiger partial charge in [-0.25, -0.2) is 0 Å². The second kappa shape index (κ2) is 5.15. The normalized spacial score (nSPS) is 16.9. The molecule has 0 aliphatic carbocycles. The highest BCUT2D eigenvalue weighted by Crippen LogP contribution is 2.36. The van der Waals surface area contributed by atoms with Gasteiger partial charge in [0.1, 0.15) is 0 Å². The molecule has 0 spiro atoms. The first-order valence-electron chi connectivity index (χ1n) is 5.40. The third kappa shape index (κ3) is 4.37. The summed E-state index contributed by atoms with van der Waals surface area (Å²) in [4.78, 5) is 0. The van der Waals surface area contributed by atoms with E-state index in [1.165, 1.54) is 0 Å². The number of hydrogen-bond acceptors (Lipinski definition) is 2. The van der Waals surface area contributed by atoms with Gasteiger partial charge in [-0.05, 0) is 25.1 Å². The van der Waals surface area contributed by atoms with Gasteiger partial charge in [0.2, 0.25) is 0 Å². The van der Waals surface area contributed by atoms with Crippen molar-refractivity contribution in [1.82, 2.24) is 0 Å². The minimum absolute atomic E-state index is 0.144. The molecule has 0 aromatic rings. The van der Waals surface area contributed by atoms with E-state index >= 15 is 0 Å². The van der Waals surface area contributed by atoms with Crippen LogP contribution in [0.2, 0.25) is 18.1 Å². The number of hydrogen-bond donors (Lipinski definition) is 1. The lowest BCUT2D eigenvalue weighted by Crippen LogP contribution is -2.43. The molecule has 0 fully saturated rings. The molecule has 2 nitrogen and oxygen atoms in total. The molecule has 0 aliphatic rings. The second-order valence-corrected chi connectivity index (χ2v) is 10.4. The molecule has 0 aromatic carbocycles. The van der Waals surface area contributed by atoms with Crippen LogP contribution in [0.5, 0.6) is 0 Å².